The van der Waals surface area contributed by atoms with E-state index in [-0.39, 0.29) is 5.75 Å². The molecule has 1 nitrogen and oxygen atoms in total. The van der Waals surface area contributed by atoms with Gasteiger partial charge >= 0.3 is 6.18 Å². The van der Waals surface area contributed by atoms with Gasteiger partial charge in [0.05, 0.1) is 11.8 Å². The van der Waals surface area contributed by atoms with E-state index in [1.165, 1.54) is 18.4 Å². The molecule has 0 saturated heterocycles. The summed E-state index contributed by atoms with van der Waals surface area (Å²) in [6, 6.07) is 4.74. The molecule has 0 aliphatic heterocycles. The number of benzene rings is 1. The maximum atomic E-state index is 12.2. The van der Waals surface area contributed by atoms with Crippen LogP contribution in [0.3, 0.4) is 0 Å². The van der Waals surface area contributed by atoms with Crippen LogP contribution in [0.5, 0.6) is 5.75 Å². The third kappa shape index (κ3) is 2.80. The second-order valence-corrected chi connectivity index (χ2v) is 2.61. The quantitative estimate of drug-likeness (QED) is 0.665. The Balaban J connectivity index is 2.90. The molecule has 0 amide bonds. The first-order valence-electron chi connectivity index (χ1n) is 3.99. The molecule has 0 aromatic heterocycles. The summed E-state index contributed by atoms with van der Waals surface area (Å²) < 4.78 is 41.6. The van der Waals surface area contributed by atoms with Gasteiger partial charge in [0.25, 0.3) is 0 Å². The lowest BCUT2D eigenvalue weighted by molar-refractivity contribution is -0.137. The van der Waals surface area contributed by atoms with E-state index in [9.17, 15) is 13.2 Å². The Morgan fingerprint density at radius 2 is 2.00 bits per heavy atom. The monoisotopic (exact) mass is 202 g/mol. The second kappa shape index (κ2) is 4.17. The molecule has 0 spiro atoms. The van der Waals surface area contributed by atoms with Gasteiger partial charge in [-0.05, 0) is 25.1 Å². The SMILES string of the molecule is C/C=C/Oc1cccc(C(F)(F)F)c1. The molecule has 4 heteroatoms. The largest absolute Gasteiger partial charge is 0.465 e. The van der Waals surface area contributed by atoms with Crippen molar-refractivity contribution in [1.29, 1.82) is 0 Å². The fraction of sp³-hybridized carbons (Fsp3) is 0.200. The Bertz CT molecular complexity index is 328. The van der Waals surface area contributed by atoms with E-state index in [4.69, 9.17) is 4.74 Å². The van der Waals surface area contributed by atoms with Crippen LogP contribution in [0, 0.1) is 0 Å². The second-order valence-electron chi connectivity index (χ2n) is 2.61. The van der Waals surface area contributed by atoms with Gasteiger partial charge in [-0.1, -0.05) is 12.1 Å². The van der Waals surface area contributed by atoms with E-state index < -0.39 is 11.7 Å². The predicted octanol–water partition coefficient (Wildman–Crippen LogP) is 3.62. The van der Waals surface area contributed by atoms with Crippen molar-refractivity contribution in [2.75, 3.05) is 0 Å². The van der Waals surface area contributed by atoms with Crippen molar-refractivity contribution in [2.24, 2.45) is 0 Å². The van der Waals surface area contributed by atoms with Crippen molar-refractivity contribution >= 4 is 0 Å². The van der Waals surface area contributed by atoms with Crippen LogP contribution in [0.1, 0.15) is 12.5 Å². The highest BCUT2D eigenvalue weighted by Gasteiger charge is 2.30. The fourth-order valence-corrected chi connectivity index (χ4v) is 0.892. The Kier molecular flexibility index (Phi) is 3.17. The van der Waals surface area contributed by atoms with E-state index >= 15 is 0 Å². The lowest BCUT2D eigenvalue weighted by Crippen LogP contribution is -2.04. The zero-order valence-corrected chi connectivity index (χ0v) is 7.51. The van der Waals surface area contributed by atoms with Crippen LogP contribution >= 0.6 is 0 Å². The standard InChI is InChI=1S/C10H9F3O/c1-2-6-14-9-5-3-4-8(7-9)10(11,12)13/h2-7H,1H3/b6-2+. The van der Waals surface area contributed by atoms with Crippen LogP contribution in [-0.4, -0.2) is 0 Å². The van der Waals surface area contributed by atoms with Gasteiger partial charge in [0.1, 0.15) is 5.75 Å². The Hall–Kier alpha value is -1.45. The lowest BCUT2D eigenvalue weighted by atomic mass is 10.2. The van der Waals surface area contributed by atoms with Gasteiger partial charge in [-0.2, -0.15) is 13.2 Å². The number of hydrogen-bond acceptors (Lipinski definition) is 1. The van der Waals surface area contributed by atoms with Crippen LogP contribution in [0.25, 0.3) is 0 Å². The Morgan fingerprint density at radius 1 is 1.29 bits per heavy atom. The minimum Gasteiger partial charge on any atom is -0.465 e. The Labute approximate surface area is 79.8 Å². The highest BCUT2D eigenvalue weighted by Crippen LogP contribution is 2.31. The highest BCUT2D eigenvalue weighted by molar-refractivity contribution is 5.30. The van der Waals surface area contributed by atoms with Crippen LogP contribution in [0.15, 0.2) is 36.6 Å². The van der Waals surface area contributed by atoms with Crippen LogP contribution in [-0.2, 0) is 6.18 Å². The molecule has 0 heterocycles. The van der Waals surface area contributed by atoms with E-state index in [0.29, 0.717) is 0 Å². The van der Waals surface area contributed by atoms with E-state index in [2.05, 4.69) is 0 Å². The molecule has 1 aromatic rings. The molecule has 0 unspecified atom stereocenters. The third-order valence-corrected chi connectivity index (χ3v) is 1.50. The zero-order valence-electron chi connectivity index (χ0n) is 7.51. The average Bonchev–Trinajstić information content (AvgIpc) is 2.14. The first-order valence-corrected chi connectivity index (χ1v) is 3.99. The normalized spacial score (nSPS) is 12.0. The number of rotatable bonds is 2. The molecular formula is C10H9F3O. The summed E-state index contributed by atoms with van der Waals surface area (Å²) in [5.74, 6) is 0.179. The molecule has 0 aliphatic rings. The van der Waals surface area contributed by atoms with Crippen LogP contribution in [0.2, 0.25) is 0 Å². The molecule has 0 N–H and O–H groups in total. The van der Waals surface area contributed by atoms with Crippen molar-refractivity contribution < 1.29 is 17.9 Å². The molecular weight excluding hydrogens is 193 g/mol. The van der Waals surface area contributed by atoms with E-state index in [0.717, 1.165) is 12.1 Å². The zero-order chi connectivity index (χ0) is 10.6. The summed E-state index contributed by atoms with van der Waals surface area (Å²) in [5, 5.41) is 0. The summed E-state index contributed by atoms with van der Waals surface area (Å²) in [5.41, 5.74) is -0.709. The summed E-state index contributed by atoms with van der Waals surface area (Å²) in [6.45, 7) is 1.72. The minimum absolute atomic E-state index is 0.179. The summed E-state index contributed by atoms with van der Waals surface area (Å²) >= 11 is 0. The summed E-state index contributed by atoms with van der Waals surface area (Å²) in [6.07, 6.45) is -1.40. The smallest absolute Gasteiger partial charge is 0.416 e. The predicted molar refractivity (Wildman–Crippen MR) is 46.9 cm³/mol. The number of alkyl halides is 3. The lowest BCUT2D eigenvalue weighted by Gasteiger charge is -2.07. The fourth-order valence-electron chi connectivity index (χ4n) is 0.892. The van der Waals surface area contributed by atoms with Crippen molar-refractivity contribution in [3.05, 3.63) is 42.2 Å². The molecule has 0 aliphatic carbocycles. The molecule has 0 saturated carbocycles. The van der Waals surface area contributed by atoms with Crippen LogP contribution < -0.4 is 4.74 Å². The molecule has 0 fully saturated rings. The molecule has 0 atom stereocenters. The van der Waals surface area contributed by atoms with Crippen molar-refractivity contribution in [1.82, 2.24) is 0 Å². The molecule has 0 radical (unpaired) electrons. The van der Waals surface area contributed by atoms with Gasteiger partial charge in [0.15, 0.2) is 0 Å². The van der Waals surface area contributed by atoms with E-state index in [1.807, 2.05) is 0 Å². The molecule has 1 rings (SSSR count). The number of allylic oxidation sites excluding steroid dienone is 1. The van der Waals surface area contributed by atoms with Gasteiger partial charge < -0.3 is 4.74 Å². The van der Waals surface area contributed by atoms with E-state index in [1.54, 1.807) is 13.0 Å². The number of hydrogen-bond donors (Lipinski definition) is 0. The van der Waals surface area contributed by atoms with Gasteiger partial charge in [0, 0.05) is 0 Å². The molecule has 0 bridgehead atoms. The van der Waals surface area contributed by atoms with Crippen molar-refractivity contribution in [2.45, 2.75) is 13.1 Å². The van der Waals surface area contributed by atoms with Gasteiger partial charge in [-0.25, -0.2) is 0 Å². The van der Waals surface area contributed by atoms with Gasteiger partial charge in [-0.3, -0.25) is 0 Å². The maximum Gasteiger partial charge on any atom is 0.416 e. The molecule has 76 valence electrons. The minimum atomic E-state index is -4.32. The van der Waals surface area contributed by atoms with Gasteiger partial charge in [-0.15, -0.1) is 0 Å². The summed E-state index contributed by atoms with van der Waals surface area (Å²) in [4.78, 5) is 0. The highest BCUT2D eigenvalue weighted by atomic mass is 19.4. The topological polar surface area (TPSA) is 9.23 Å². The number of halogens is 3. The first kappa shape index (κ1) is 10.6. The van der Waals surface area contributed by atoms with Crippen LogP contribution in [0.4, 0.5) is 13.2 Å². The molecule has 14 heavy (non-hydrogen) atoms. The van der Waals surface area contributed by atoms with Gasteiger partial charge in [0.2, 0.25) is 0 Å². The Morgan fingerprint density at radius 3 is 2.57 bits per heavy atom. The first-order chi connectivity index (χ1) is 6.54. The summed E-state index contributed by atoms with van der Waals surface area (Å²) in [7, 11) is 0. The van der Waals surface area contributed by atoms with Crippen molar-refractivity contribution in [3.63, 3.8) is 0 Å². The number of ether oxygens (including phenoxy) is 1. The molecule has 1 aromatic carbocycles. The van der Waals surface area contributed by atoms with Crippen molar-refractivity contribution in [3.8, 4) is 5.75 Å². The maximum absolute atomic E-state index is 12.2. The average molecular weight is 202 g/mol. The third-order valence-electron chi connectivity index (χ3n) is 1.50.